The highest BCUT2D eigenvalue weighted by Gasteiger charge is 2.07. The molecule has 140 valence electrons. The molecule has 3 rings (SSSR count). The summed E-state index contributed by atoms with van der Waals surface area (Å²) in [6, 6.07) is 16.3. The maximum absolute atomic E-state index is 12.9. The van der Waals surface area contributed by atoms with E-state index in [0.717, 1.165) is 17.8 Å². The molecule has 2 amide bonds. The topological polar surface area (TPSA) is 46.1 Å². The number of nitrogens with zero attached hydrogens (tertiary/aromatic N) is 1. The molecule has 1 heterocycles. The molecule has 0 fully saturated rings. The quantitative estimate of drug-likeness (QED) is 0.672. The number of hydrogen-bond donors (Lipinski definition) is 2. The van der Waals surface area contributed by atoms with Crippen LogP contribution in [0.25, 0.3) is 0 Å². The first-order valence-electron chi connectivity index (χ1n) is 8.97. The smallest absolute Gasteiger partial charge is 0.315 e. The lowest BCUT2D eigenvalue weighted by atomic mass is 10.1. The molecule has 3 aromatic rings. The summed E-state index contributed by atoms with van der Waals surface area (Å²) in [4.78, 5) is 12.0. The van der Waals surface area contributed by atoms with Gasteiger partial charge in [0.1, 0.15) is 5.82 Å². The highest BCUT2D eigenvalue weighted by Crippen LogP contribution is 2.14. The monoisotopic (exact) mass is 365 g/mol. The average Bonchev–Trinajstić information content (AvgIpc) is 3.09. The Balaban J connectivity index is 1.54. The van der Waals surface area contributed by atoms with Gasteiger partial charge in [0.25, 0.3) is 0 Å². The normalized spacial score (nSPS) is 10.6. The van der Waals surface area contributed by atoms with Crippen LogP contribution < -0.4 is 10.6 Å². The molecule has 0 aliphatic heterocycles. The number of urea groups is 1. The van der Waals surface area contributed by atoms with Gasteiger partial charge in [-0.3, -0.25) is 0 Å². The molecule has 0 saturated heterocycles. The first kappa shape index (κ1) is 18.7. The summed E-state index contributed by atoms with van der Waals surface area (Å²) in [5.74, 6) is -0.284. The van der Waals surface area contributed by atoms with Crippen molar-refractivity contribution < 1.29 is 9.18 Å². The molecular formula is C22H24FN3O. The molecule has 1 aromatic heterocycles. The Hall–Kier alpha value is -3.08. The van der Waals surface area contributed by atoms with Crippen LogP contribution in [0.5, 0.6) is 0 Å². The van der Waals surface area contributed by atoms with Crippen LogP contribution in [0.4, 0.5) is 9.18 Å². The van der Waals surface area contributed by atoms with Gasteiger partial charge in [-0.2, -0.15) is 0 Å². The SMILES string of the molecule is Cc1ccc(C)c(Cn2cccc2CNC(=O)NCc2ccc(F)cc2)c1. The fourth-order valence-electron chi connectivity index (χ4n) is 2.94. The second kappa shape index (κ2) is 8.54. The Labute approximate surface area is 159 Å². The van der Waals surface area contributed by atoms with Crippen LogP contribution >= 0.6 is 0 Å². The number of carbonyl (C=O) groups excluding carboxylic acids is 1. The highest BCUT2D eigenvalue weighted by molar-refractivity contribution is 5.73. The number of aryl methyl sites for hydroxylation is 2. The Kier molecular flexibility index (Phi) is 5.91. The van der Waals surface area contributed by atoms with Gasteiger partial charge in [-0.25, -0.2) is 9.18 Å². The molecule has 0 radical (unpaired) electrons. The van der Waals surface area contributed by atoms with E-state index in [9.17, 15) is 9.18 Å². The van der Waals surface area contributed by atoms with Crippen molar-refractivity contribution in [2.45, 2.75) is 33.5 Å². The second-order valence-corrected chi connectivity index (χ2v) is 6.72. The van der Waals surface area contributed by atoms with Gasteiger partial charge in [0.05, 0.1) is 6.54 Å². The minimum Gasteiger partial charge on any atom is -0.345 e. The zero-order valence-corrected chi connectivity index (χ0v) is 15.6. The third-order valence-electron chi connectivity index (χ3n) is 4.57. The summed E-state index contributed by atoms with van der Waals surface area (Å²) in [6.07, 6.45) is 2.02. The number of halogens is 1. The van der Waals surface area contributed by atoms with Crippen LogP contribution in [-0.4, -0.2) is 10.6 Å². The van der Waals surface area contributed by atoms with Crippen molar-refractivity contribution in [3.05, 3.63) is 94.6 Å². The van der Waals surface area contributed by atoms with Gasteiger partial charge >= 0.3 is 6.03 Å². The predicted octanol–water partition coefficient (Wildman–Crippen LogP) is 4.29. The van der Waals surface area contributed by atoms with E-state index in [1.54, 1.807) is 12.1 Å². The first-order chi connectivity index (χ1) is 13.0. The van der Waals surface area contributed by atoms with Crippen molar-refractivity contribution >= 4 is 6.03 Å². The summed E-state index contributed by atoms with van der Waals surface area (Å²) in [5, 5.41) is 5.66. The van der Waals surface area contributed by atoms with E-state index in [4.69, 9.17) is 0 Å². The standard InChI is InChI=1S/C22H24FN3O/c1-16-5-6-17(2)19(12-16)15-26-11-3-4-21(26)14-25-22(27)24-13-18-7-9-20(23)10-8-18/h3-12H,13-15H2,1-2H3,(H2,24,25,27). The lowest BCUT2D eigenvalue weighted by Crippen LogP contribution is -2.35. The molecule has 0 spiro atoms. The van der Waals surface area contributed by atoms with E-state index in [2.05, 4.69) is 47.2 Å². The zero-order valence-electron chi connectivity index (χ0n) is 15.6. The Morgan fingerprint density at radius 2 is 1.74 bits per heavy atom. The number of aromatic nitrogens is 1. The van der Waals surface area contributed by atoms with Gasteiger partial charge in [-0.1, -0.05) is 35.9 Å². The molecule has 0 aliphatic rings. The molecule has 27 heavy (non-hydrogen) atoms. The number of amides is 2. The number of nitrogens with one attached hydrogen (secondary N) is 2. The Morgan fingerprint density at radius 1 is 1.00 bits per heavy atom. The summed E-state index contributed by atoms with van der Waals surface area (Å²) in [5.41, 5.74) is 5.65. The van der Waals surface area contributed by atoms with Crippen LogP contribution in [0.15, 0.2) is 60.8 Å². The van der Waals surface area contributed by atoms with E-state index in [1.807, 2.05) is 18.3 Å². The van der Waals surface area contributed by atoms with E-state index < -0.39 is 0 Å². The predicted molar refractivity (Wildman–Crippen MR) is 105 cm³/mol. The second-order valence-electron chi connectivity index (χ2n) is 6.72. The molecule has 2 N–H and O–H groups in total. The van der Waals surface area contributed by atoms with Crippen LogP contribution in [0.2, 0.25) is 0 Å². The van der Waals surface area contributed by atoms with Crippen molar-refractivity contribution in [3.63, 3.8) is 0 Å². The molecule has 0 aliphatic carbocycles. The third-order valence-corrected chi connectivity index (χ3v) is 4.57. The first-order valence-corrected chi connectivity index (χ1v) is 8.97. The van der Waals surface area contributed by atoms with Crippen molar-refractivity contribution in [1.82, 2.24) is 15.2 Å². The molecule has 2 aromatic carbocycles. The number of rotatable bonds is 6. The van der Waals surface area contributed by atoms with Gasteiger partial charge in [-0.15, -0.1) is 0 Å². The number of carbonyl (C=O) groups is 1. The van der Waals surface area contributed by atoms with Crippen LogP contribution in [0, 0.1) is 19.7 Å². The summed E-state index contributed by atoms with van der Waals surface area (Å²) in [7, 11) is 0. The number of benzene rings is 2. The molecule has 4 nitrogen and oxygen atoms in total. The van der Waals surface area contributed by atoms with Gasteiger partial charge in [0.15, 0.2) is 0 Å². The van der Waals surface area contributed by atoms with Gasteiger partial charge in [0, 0.05) is 25.0 Å². The molecule has 0 unspecified atom stereocenters. The van der Waals surface area contributed by atoms with E-state index in [-0.39, 0.29) is 11.8 Å². The molecule has 0 atom stereocenters. The van der Waals surface area contributed by atoms with E-state index in [1.165, 1.54) is 28.8 Å². The van der Waals surface area contributed by atoms with Crippen LogP contribution in [-0.2, 0) is 19.6 Å². The highest BCUT2D eigenvalue weighted by atomic mass is 19.1. The Morgan fingerprint density at radius 3 is 2.52 bits per heavy atom. The van der Waals surface area contributed by atoms with Gasteiger partial charge < -0.3 is 15.2 Å². The van der Waals surface area contributed by atoms with Crippen LogP contribution in [0.1, 0.15) is 27.9 Å². The summed E-state index contributed by atoms with van der Waals surface area (Å²) >= 11 is 0. The van der Waals surface area contributed by atoms with Gasteiger partial charge in [-0.05, 0) is 54.8 Å². The van der Waals surface area contributed by atoms with Crippen molar-refractivity contribution in [3.8, 4) is 0 Å². The van der Waals surface area contributed by atoms with E-state index >= 15 is 0 Å². The summed E-state index contributed by atoms with van der Waals surface area (Å²) in [6.45, 7) is 5.77. The molecule has 0 bridgehead atoms. The van der Waals surface area contributed by atoms with E-state index in [0.29, 0.717) is 13.1 Å². The molecular weight excluding hydrogens is 341 g/mol. The molecule has 0 saturated carbocycles. The maximum Gasteiger partial charge on any atom is 0.315 e. The maximum atomic E-state index is 12.9. The lowest BCUT2D eigenvalue weighted by molar-refractivity contribution is 0.240. The average molecular weight is 365 g/mol. The van der Waals surface area contributed by atoms with Gasteiger partial charge in [0.2, 0.25) is 0 Å². The minimum absolute atomic E-state index is 0.251. The van der Waals surface area contributed by atoms with Crippen molar-refractivity contribution in [2.75, 3.05) is 0 Å². The Bertz CT molecular complexity index is 916. The molecule has 5 heteroatoms. The lowest BCUT2D eigenvalue weighted by Gasteiger charge is -2.13. The summed E-state index contributed by atoms with van der Waals surface area (Å²) < 4.78 is 15.0. The van der Waals surface area contributed by atoms with Crippen molar-refractivity contribution in [1.29, 1.82) is 0 Å². The zero-order chi connectivity index (χ0) is 19.2. The number of hydrogen-bond acceptors (Lipinski definition) is 1. The fraction of sp³-hybridized carbons (Fsp3) is 0.227. The largest absolute Gasteiger partial charge is 0.345 e. The van der Waals surface area contributed by atoms with Crippen LogP contribution in [0.3, 0.4) is 0 Å². The fourth-order valence-corrected chi connectivity index (χ4v) is 2.94. The third kappa shape index (κ3) is 5.20. The van der Waals surface area contributed by atoms with Crippen molar-refractivity contribution in [2.24, 2.45) is 0 Å². The minimum atomic E-state index is -0.284.